The van der Waals surface area contributed by atoms with Crippen LogP contribution in [0.5, 0.6) is 0 Å². The molecule has 11 heavy (non-hydrogen) atoms. The summed E-state index contributed by atoms with van der Waals surface area (Å²) in [4.78, 5) is 10.2. The van der Waals surface area contributed by atoms with Gasteiger partial charge in [-0.2, -0.15) is 0 Å². The number of benzene rings is 1. The van der Waals surface area contributed by atoms with E-state index in [1.54, 1.807) is 0 Å². The van der Waals surface area contributed by atoms with Gasteiger partial charge in [-0.1, -0.05) is 11.6 Å². The van der Waals surface area contributed by atoms with E-state index in [0.29, 0.717) is 6.29 Å². The van der Waals surface area contributed by atoms with Crippen molar-refractivity contribution in [2.24, 2.45) is 0 Å². The Morgan fingerprint density at radius 3 is 2.73 bits per heavy atom. The number of carbonyl (C=O) groups excluding carboxylic acids is 1. The first-order chi connectivity index (χ1) is 5.15. The predicted octanol–water partition coefficient (Wildman–Crippen LogP) is 1.87. The van der Waals surface area contributed by atoms with Crippen LogP contribution in [0.3, 0.4) is 0 Å². The molecule has 0 aromatic heterocycles. The van der Waals surface area contributed by atoms with Crippen LogP contribution < -0.4 is 5.73 Å². The van der Waals surface area contributed by atoms with Gasteiger partial charge in [-0.05, 0) is 12.1 Å². The second-order valence-electron chi connectivity index (χ2n) is 2.01. The quantitative estimate of drug-likeness (QED) is 0.521. The predicted molar refractivity (Wildman–Crippen MR) is 41.2 cm³/mol. The van der Waals surface area contributed by atoms with E-state index in [1.807, 2.05) is 0 Å². The van der Waals surface area contributed by atoms with Crippen LogP contribution in [0.25, 0.3) is 0 Å². The van der Waals surface area contributed by atoms with Gasteiger partial charge >= 0.3 is 0 Å². The topological polar surface area (TPSA) is 43.1 Å². The smallest absolute Gasteiger partial charge is 0.152 e. The molecule has 0 aliphatic heterocycles. The molecule has 0 heterocycles. The SMILES string of the molecule is Nc1cc(Cl)c(F)cc1C=O. The average molecular weight is 174 g/mol. The third-order valence-electron chi connectivity index (χ3n) is 1.25. The van der Waals surface area contributed by atoms with Gasteiger partial charge in [0.05, 0.1) is 5.02 Å². The Balaban J connectivity index is 3.31. The van der Waals surface area contributed by atoms with Crippen LogP contribution in [0.2, 0.25) is 5.02 Å². The number of anilines is 1. The number of rotatable bonds is 1. The van der Waals surface area contributed by atoms with Gasteiger partial charge in [-0.15, -0.1) is 0 Å². The van der Waals surface area contributed by atoms with E-state index in [0.717, 1.165) is 6.07 Å². The van der Waals surface area contributed by atoms with E-state index in [4.69, 9.17) is 17.3 Å². The lowest BCUT2D eigenvalue weighted by Gasteiger charge is -1.99. The molecule has 0 aliphatic carbocycles. The van der Waals surface area contributed by atoms with Gasteiger partial charge in [0.2, 0.25) is 0 Å². The number of nitrogen functional groups attached to an aromatic ring is 1. The van der Waals surface area contributed by atoms with Gasteiger partial charge < -0.3 is 5.73 Å². The van der Waals surface area contributed by atoms with E-state index < -0.39 is 5.82 Å². The first kappa shape index (κ1) is 8.01. The van der Waals surface area contributed by atoms with Crippen molar-refractivity contribution in [3.63, 3.8) is 0 Å². The second kappa shape index (κ2) is 2.88. The zero-order valence-electron chi connectivity index (χ0n) is 5.47. The van der Waals surface area contributed by atoms with Crippen LogP contribution >= 0.6 is 11.6 Å². The van der Waals surface area contributed by atoms with E-state index in [9.17, 15) is 9.18 Å². The van der Waals surface area contributed by atoms with E-state index in [1.165, 1.54) is 6.07 Å². The average Bonchev–Trinajstić information content (AvgIpc) is 1.97. The van der Waals surface area contributed by atoms with E-state index in [2.05, 4.69) is 0 Å². The minimum atomic E-state index is -0.636. The van der Waals surface area contributed by atoms with Crippen molar-refractivity contribution in [3.8, 4) is 0 Å². The monoisotopic (exact) mass is 173 g/mol. The van der Waals surface area contributed by atoms with Crippen LogP contribution in [0.1, 0.15) is 10.4 Å². The number of nitrogens with two attached hydrogens (primary N) is 1. The molecule has 2 nitrogen and oxygen atoms in total. The Hall–Kier alpha value is -1.09. The molecular weight excluding hydrogens is 169 g/mol. The summed E-state index contributed by atoms with van der Waals surface area (Å²) in [6, 6.07) is 2.21. The first-order valence-corrected chi connectivity index (χ1v) is 3.22. The Bertz CT molecular complexity index is 301. The Labute approximate surface area is 67.8 Å². The maximum Gasteiger partial charge on any atom is 0.152 e. The molecule has 0 aliphatic rings. The summed E-state index contributed by atoms with van der Waals surface area (Å²) in [5, 5.41) is -0.0758. The molecule has 0 radical (unpaired) electrons. The van der Waals surface area contributed by atoms with Gasteiger partial charge in [0, 0.05) is 11.3 Å². The van der Waals surface area contributed by atoms with Crippen molar-refractivity contribution in [1.29, 1.82) is 0 Å². The lowest BCUT2D eigenvalue weighted by molar-refractivity contribution is 0.112. The highest BCUT2D eigenvalue weighted by Crippen LogP contribution is 2.20. The third-order valence-corrected chi connectivity index (χ3v) is 1.54. The minimum absolute atomic E-state index is 0.0758. The van der Waals surface area contributed by atoms with Crippen molar-refractivity contribution >= 4 is 23.6 Å². The number of hydrogen-bond acceptors (Lipinski definition) is 2. The molecule has 1 aromatic rings. The Morgan fingerprint density at radius 1 is 1.55 bits per heavy atom. The molecule has 0 bridgehead atoms. The third kappa shape index (κ3) is 1.49. The first-order valence-electron chi connectivity index (χ1n) is 2.85. The van der Waals surface area contributed by atoms with Gasteiger partial charge in [-0.25, -0.2) is 4.39 Å². The fraction of sp³-hybridized carbons (Fsp3) is 0. The van der Waals surface area contributed by atoms with Crippen molar-refractivity contribution in [2.45, 2.75) is 0 Å². The number of hydrogen-bond donors (Lipinski definition) is 1. The molecule has 0 saturated carbocycles. The van der Waals surface area contributed by atoms with Crippen LogP contribution in [0, 0.1) is 5.82 Å². The lowest BCUT2D eigenvalue weighted by Crippen LogP contribution is -1.94. The lowest BCUT2D eigenvalue weighted by atomic mass is 10.2. The molecular formula is C7H5ClFNO. The van der Waals surface area contributed by atoms with Gasteiger partial charge in [0.25, 0.3) is 0 Å². The molecule has 0 unspecified atom stereocenters. The van der Waals surface area contributed by atoms with Crippen LogP contribution in [-0.4, -0.2) is 6.29 Å². The van der Waals surface area contributed by atoms with Crippen LogP contribution in [-0.2, 0) is 0 Å². The minimum Gasteiger partial charge on any atom is -0.398 e. The van der Waals surface area contributed by atoms with E-state index >= 15 is 0 Å². The normalized spacial score (nSPS) is 9.64. The largest absolute Gasteiger partial charge is 0.398 e. The number of halogens is 2. The Kier molecular flexibility index (Phi) is 2.10. The number of carbonyl (C=O) groups is 1. The summed E-state index contributed by atoms with van der Waals surface area (Å²) in [6.45, 7) is 0. The Morgan fingerprint density at radius 2 is 2.18 bits per heavy atom. The highest BCUT2D eigenvalue weighted by molar-refractivity contribution is 6.31. The zero-order chi connectivity index (χ0) is 8.43. The summed E-state index contributed by atoms with van der Waals surface area (Å²) in [7, 11) is 0. The highest BCUT2D eigenvalue weighted by atomic mass is 35.5. The standard InChI is InChI=1S/C7H5ClFNO/c8-5-2-7(10)4(3-11)1-6(5)9/h1-3H,10H2. The van der Waals surface area contributed by atoms with Crippen molar-refractivity contribution in [3.05, 3.63) is 28.5 Å². The summed E-state index contributed by atoms with van der Waals surface area (Å²) in [5.74, 6) is -0.636. The maximum absolute atomic E-state index is 12.6. The summed E-state index contributed by atoms with van der Waals surface area (Å²) < 4.78 is 12.6. The van der Waals surface area contributed by atoms with Gasteiger partial charge in [0.1, 0.15) is 5.82 Å². The molecule has 4 heteroatoms. The fourth-order valence-corrected chi connectivity index (χ4v) is 0.852. The molecule has 0 fully saturated rings. The molecule has 1 rings (SSSR count). The maximum atomic E-state index is 12.6. The summed E-state index contributed by atoms with van der Waals surface area (Å²) >= 11 is 5.37. The molecule has 58 valence electrons. The van der Waals surface area contributed by atoms with Crippen molar-refractivity contribution in [2.75, 3.05) is 5.73 Å². The van der Waals surface area contributed by atoms with Gasteiger partial charge in [-0.3, -0.25) is 4.79 Å². The highest BCUT2D eigenvalue weighted by Gasteiger charge is 2.04. The van der Waals surface area contributed by atoms with Crippen LogP contribution in [0.4, 0.5) is 10.1 Å². The summed E-state index contributed by atoms with van der Waals surface area (Å²) in [5.41, 5.74) is 5.62. The van der Waals surface area contributed by atoms with Crippen molar-refractivity contribution in [1.82, 2.24) is 0 Å². The molecule has 0 amide bonds. The van der Waals surface area contributed by atoms with Crippen molar-refractivity contribution < 1.29 is 9.18 Å². The molecule has 0 atom stereocenters. The summed E-state index contributed by atoms with van der Waals surface area (Å²) in [6.07, 6.45) is 0.481. The molecule has 0 saturated heterocycles. The second-order valence-corrected chi connectivity index (χ2v) is 2.42. The molecule has 0 spiro atoms. The zero-order valence-corrected chi connectivity index (χ0v) is 6.23. The van der Waals surface area contributed by atoms with Crippen LogP contribution in [0.15, 0.2) is 12.1 Å². The number of aldehydes is 1. The molecule has 1 aromatic carbocycles. The fourth-order valence-electron chi connectivity index (χ4n) is 0.680. The van der Waals surface area contributed by atoms with Gasteiger partial charge in [0.15, 0.2) is 6.29 Å². The molecule has 2 N–H and O–H groups in total. The van der Waals surface area contributed by atoms with E-state index in [-0.39, 0.29) is 16.3 Å².